The van der Waals surface area contributed by atoms with E-state index >= 15 is 0 Å². The number of fused-ring (bicyclic) bond motifs is 4. The maximum atomic E-state index is 14.8. The molecule has 4 fully saturated rings. The molecule has 2 aromatic carbocycles. The first-order valence-corrected chi connectivity index (χ1v) is 14.2. The van der Waals surface area contributed by atoms with Gasteiger partial charge in [0.2, 0.25) is 5.95 Å². The third kappa shape index (κ3) is 4.72. The number of aromatic nitrogens is 3. The van der Waals surface area contributed by atoms with Crippen LogP contribution in [0.5, 0.6) is 11.8 Å². The Morgan fingerprint density at radius 1 is 1.05 bits per heavy atom. The van der Waals surface area contributed by atoms with Crippen LogP contribution in [0.4, 0.5) is 19.1 Å². The molecule has 0 spiro atoms. The molecule has 5 heterocycles. The molecule has 212 valence electrons. The van der Waals surface area contributed by atoms with E-state index in [1.54, 1.807) is 0 Å². The molecule has 0 aliphatic carbocycles. The zero-order chi connectivity index (χ0) is 27.4. The Kier molecular flexibility index (Phi) is 6.46. The van der Waals surface area contributed by atoms with Gasteiger partial charge >= 0.3 is 6.01 Å². The van der Waals surface area contributed by atoms with Crippen molar-refractivity contribution in [2.24, 2.45) is 0 Å². The summed E-state index contributed by atoms with van der Waals surface area (Å²) < 4.78 is 49.4. The van der Waals surface area contributed by atoms with Gasteiger partial charge in [-0.15, -0.1) is 0 Å². The topological polar surface area (TPSA) is 86.6 Å². The van der Waals surface area contributed by atoms with Gasteiger partial charge in [0.1, 0.15) is 24.4 Å². The Labute approximate surface area is 230 Å². The molecule has 40 heavy (non-hydrogen) atoms. The Bertz CT molecular complexity index is 1430. The minimum atomic E-state index is -0.938. The monoisotopic (exact) mass is 554 g/mol. The first-order valence-electron chi connectivity index (χ1n) is 14.2. The number of piperazine rings is 1. The van der Waals surface area contributed by atoms with Gasteiger partial charge in [0.25, 0.3) is 0 Å². The van der Waals surface area contributed by atoms with Crippen molar-refractivity contribution in [2.75, 3.05) is 37.7 Å². The molecule has 4 aliphatic rings. The summed E-state index contributed by atoms with van der Waals surface area (Å²) >= 11 is 0. The smallest absolute Gasteiger partial charge is 0.321 e. The lowest BCUT2D eigenvalue weighted by Crippen LogP contribution is -2.51. The second-order valence-corrected chi connectivity index (χ2v) is 11.8. The second-order valence-electron chi connectivity index (χ2n) is 11.8. The molecule has 2 bridgehead atoms. The third-order valence-corrected chi connectivity index (χ3v) is 9.07. The van der Waals surface area contributed by atoms with E-state index in [9.17, 15) is 18.3 Å². The van der Waals surface area contributed by atoms with E-state index in [0.717, 1.165) is 51.4 Å². The van der Waals surface area contributed by atoms with Crippen LogP contribution < -0.4 is 15.0 Å². The molecule has 7 rings (SSSR count). The minimum absolute atomic E-state index is 0.0201. The van der Waals surface area contributed by atoms with E-state index in [4.69, 9.17) is 9.72 Å². The van der Waals surface area contributed by atoms with E-state index in [2.05, 4.69) is 25.1 Å². The quantitative estimate of drug-likeness (QED) is 0.458. The van der Waals surface area contributed by atoms with Gasteiger partial charge in [0.15, 0.2) is 11.6 Å². The highest BCUT2D eigenvalue weighted by Gasteiger charge is 2.49. The van der Waals surface area contributed by atoms with Crippen LogP contribution in [0, 0.1) is 11.6 Å². The van der Waals surface area contributed by atoms with Crippen molar-refractivity contribution in [1.29, 1.82) is 0 Å². The van der Waals surface area contributed by atoms with E-state index in [1.165, 1.54) is 18.2 Å². The predicted octanol–water partition coefficient (Wildman–Crippen LogP) is 3.69. The molecular weight excluding hydrogens is 521 g/mol. The summed E-state index contributed by atoms with van der Waals surface area (Å²) in [5.41, 5.74) is 0.139. The molecular formula is C29H33F3N6O2. The number of rotatable bonds is 7. The van der Waals surface area contributed by atoms with E-state index < -0.39 is 17.8 Å². The molecule has 11 heteroatoms. The molecule has 0 unspecified atom stereocenters. The number of halogens is 3. The largest absolute Gasteiger partial charge is 0.508 e. The maximum absolute atomic E-state index is 14.8. The Morgan fingerprint density at radius 3 is 2.70 bits per heavy atom. The molecule has 0 radical (unpaired) electrons. The van der Waals surface area contributed by atoms with Gasteiger partial charge in [-0.05, 0) is 67.8 Å². The fourth-order valence-corrected chi connectivity index (χ4v) is 7.22. The van der Waals surface area contributed by atoms with E-state index in [1.807, 2.05) is 0 Å². The highest BCUT2D eigenvalue weighted by Crippen LogP contribution is 2.40. The summed E-state index contributed by atoms with van der Waals surface area (Å²) in [6.07, 6.45) is 4.30. The molecule has 2 N–H and O–H groups in total. The van der Waals surface area contributed by atoms with Crippen LogP contribution in [-0.2, 0) is 12.8 Å². The Hall–Kier alpha value is -3.18. The summed E-state index contributed by atoms with van der Waals surface area (Å²) in [5.74, 6) is -0.893. The molecule has 4 saturated heterocycles. The normalized spacial score (nSPS) is 28.0. The van der Waals surface area contributed by atoms with Crippen molar-refractivity contribution in [3.63, 3.8) is 0 Å². The van der Waals surface area contributed by atoms with Crippen molar-refractivity contribution in [2.45, 2.75) is 68.7 Å². The molecule has 0 amide bonds. The first-order chi connectivity index (χ1) is 19.3. The number of alkyl halides is 1. The predicted molar refractivity (Wildman–Crippen MR) is 143 cm³/mol. The number of aromatic hydroxyl groups is 1. The number of benzene rings is 2. The zero-order valence-electron chi connectivity index (χ0n) is 22.3. The van der Waals surface area contributed by atoms with Gasteiger partial charge in [-0.3, -0.25) is 4.90 Å². The summed E-state index contributed by atoms with van der Waals surface area (Å²) in [7, 11) is 0. The van der Waals surface area contributed by atoms with Gasteiger partial charge in [0.05, 0.1) is 5.54 Å². The highest BCUT2D eigenvalue weighted by molar-refractivity contribution is 5.88. The van der Waals surface area contributed by atoms with Crippen LogP contribution in [0.3, 0.4) is 0 Å². The fraction of sp³-hybridized carbons (Fsp3) is 0.552. The summed E-state index contributed by atoms with van der Waals surface area (Å²) in [6.45, 7) is 3.18. The number of phenolic OH excluding ortho intramolecular Hbond substituents is 1. The SMILES string of the molecule is Oc1cc(CCc2nc(OC[C@@]34CCCN3C[C@H](F)C4)nc(N3C[C@H]4CC[C@@H](C3)N4)n2)c2c(F)c(F)ccc2c1. The number of aryl methyl sites for hydroxylation is 2. The molecule has 8 nitrogen and oxygen atoms in total. The molecule has 4 atom stereocenters. The third-order valence-electron chi connectivity index (χ3n) is 9.07. The standard InChI is InChI=1S/C29H33F3N6O2/c30-19-12-29(8-1-9-38(29)13-19)16-40-28-35-24(34-27(36-28)37-14-20-4-5-21(15-37)33-20)7-3-18-11-22(39)10-17-2-6-23(31)26(32)25(17)18/h2,6,10-11,19-21,33,39H,1,3-5,7-9,12-16H2/t19-,20-,21+,29+/m1/s1. The average molecular weight is 555 g/mol. The van der Waals surface area contributed by atoms with Crippen LogP contribution in [0.2, 0.25) is 0 Å². The second kappa shape index (κ2) is 10.0. The fourth-order valence-electron chi connectivity index (χ4n) is 7.22. The lowest BCUT2D eigenvalue weighted by Gasteiger charge is -2.33. The first kappa shape index (κ1) is 25.8. The van der Waals surface area contributed by atoms with Gasteiger partial charge in [-0.1, -0.05) is 6.07 Å². The minimum Gasteiger partial charge on any atom is -0.508 e. The van der Waals surface area contributed by atoms with Crippen LogP contribution in [0.1, 0.15) is 43.5 Å². The number of hydrogen-bond donors (Lipinski definition) is 2. The zero-order valence-corrected chi connectivity index (χ0v) is 22.3. The summed E-state index contributed by atoms with van der Waals surface area (Å²) in [4.78, 5) is 18.4. The van der Waals surface area contributed by atoms with Crippen LogP contribution in [-0.4, -0.2) is 81.5 Å². The lowest BCUT2D eigenvalue weighted by molar-refractivity contribution is 0.107. The highest BCUT2D eigenvalue weighted by atomic mass is 19.2. The van der Waals surface area contributed by atoms with Gasteiger partial charge in [-0.2, -0.15) is 15.0 Å². The van der Waals surface area contributed by atoms with Crippen molar-refractivity contribution in [3.05, 3.63) is 47.3 Å². The van der Waals surface area contributed by atoms with Gasteiger partial charge in [-0.25, -0.2) is 13.2 Å². The molecule has 4 aliphatic heterocycles. The Balaban J connectivity index is 1.18. The number of hydrogen-bond acceptors (Lipinski definition) is 8. The van der Waals surface area contributed by atoms with E-state index in [0.29, 0.717) is 60.8 Å². The maximum Gasteiger partial charge on any atom is 0.321 e. The van der Waals surface area contributed by atoms with Gasteiger partial charge < -0.3 is 20.1 Å². The van der Waals surface area contributed by atoms with Crippen LogP contribution >= 0.6 is 0 Å². The van der Waals surface area contributed by atoms with Crippen molar-refractivity contribution in [3.8, 4) is 11.8 Å². The number of nitrogens with zero attached hydrogens (tertiary/aromatic N) is 5. The Morgan fingerprint density at radius 2 is 1.88 bits per heavy atom. The van der Waals surface area contributed by atoms with Crippen molar-refractivity contribution >= 4 is 16.7 Å². The van der Waals surface area contributed by atoms with Crippen molar-refractivity contribution in [1.82, 2.24) is 25.2 Å². The number of phenols is 1. The number of anilines is 1. The van der Waals surface area contributed by atoms with Gasteiger partial charge in [0, 0.05) is 49.9 Å². The van der Waals surface area contributed by atoms with Crippen molar-refractivity contribution < 1.29 is 23.0 Å². The lowest BCUT2D eigenvalue weighted by atomic mass is 9.95. The number of nitrogens with one attached hydrogen (secondary N) is 1. The van der Waals surface area contributed by atoms with Crippen LogP contribution in [0.25, 0.3) is 10.8 Å². The van der Waals surface area contributed by atoms with E-state index in [-0.39, 0.29) is 29.1 Å². The molecule has 0 saturated carbocycles. The molecule has 1 aromatic heterocycles. The summed E-state index contributed by atoms with van der Waals surface area (Å²) in [6, 6.07) is 6.36. The summed E-state index contributed by atoms with van der Waals surface area (Å²) in [5, 5.41) is 14.4. The molecule has 3 aromatic rings. The average Bonchev–Trinajstić information content (AvgIpc) is 3.58. The van der Waals surface area contributed by atoms with Crippen LogP contribution in [0.15, 0.2) is 24.3 Å². The number of ether oxygens (including phenoxy) is 1.